The quantitative estimate of drug-likeness (QED) is 0.878. The van der Waals surface area contributed by atoms with E-state index in [1.165, 1.54) is 7.11 Å². The molecule has 0 fully saturated rings. The number of carbonyl (C=O) groups is 1. The van der Waals surface area contributed by atoms with E-state index in [9.17, 15) is 4.79 Å². The van der Waals surface area contributed by atoms with E-state index in [4.69, 9.17) is 9.84 Å². The van der Waals surface area contributed by atoms with Gasteiger partial charge in [-0.3, -0.25) is 0 Å². The molecule has 0 unspecified atom stereocenters. The monoisotopic (exact) mass is 229 g/mol. The third-order valence-electron chi connectivity index (χ3n) is 2.35. The Morgan fingerprint density at radius 3 is 2.47 bits per heavy atom. The smallest absolute Gasteiger partial charge is 0.358 e. The molecule has 0 saturated heterocycles. The van der Waals surface area contributed by atoms with Gasteiger partial charge in [0.2, 0.25) is 0 Å². The molecule has 1 aromatic carbocycles. The Bertz CT molecular complexity index is 538. The van der Waals surface area contributed by atoms with E-state index in [1.807, 2.05) is 30.3 Å². The van der Waals surface area contributed by atoms with Gasteiger partial charge in [0.05, 0.1) is 12.8 Å². The Balaban J connectivity index is 2.51. The molecule has 2 aromatic rings. The summed E-state index contributed by atoms with van der Waals surface area (Å²) in [7, 11) is 1.42. The molecule has 0 bridgehead atoms. The van der Waals surface area contributed by atoms with E-state index >= 15 is 0 Å². The lowest BCUT2D eigenvalue weighted by atomic mass is 10.1. The molecule has 17 heavy (non-hydrogen) atoms. The number of nitrogens with zero attached hydrogens (tertiary/aromatic N) is 1. The zero-order valence-corrected chi connectivity index (χ0v) is 9.25. The van der Waals surface area contributed by atoms with Gasteiger partial charge < -0.3 is 9.84 Å². The average molecular weight is 229 g/mol. The summed E-state index contributed by atoms with van der Waals surface area (Å²) in [4.78, 5) is 15.1. The summed E-state index contributed by atoms with van der Waals surface area (Å²) in [5.74, 6) is -0.836. The van der Waals surface area contributed by atoms with Gasteiger partial charge in [0.25, 0.3) is 0 Å². The maximum Gasteiger partial charge on any atom is 0.358 e. The highest BCUT2D eigenvalue weighted by Gasteiger charge is 2.13. The standard InChI is InChI=1S/C13H11NO3/c1-17-11-8-7-10(14-12(11)13(15)16)9-5-3-2-4-6-9/h2-8H,1H3,(H,15,16). The largest absolute Gasteiger partial charge is 0.494 e. The van der Waals surface area contributed by atoms with E-state index in [0.717, 1.165) is 5.56 Å². The minimum absolute atomic E-state index is 0.0751. The third-order valence-corrected chi connectivity index (χ3v) is 2.35. The number of aromatic carboxylic acids is 1. The van der Waals surface area contributed by atoms with Gasteiger partial charge in [-0.2, -0.15) is 0 Å². The fraction of sp³-hybridized carbons (Fsp3) is 0.0769. The van der Waals surface area contributed by atoms with Crippen LogP contribution in [0.3, 0.4) is 0 Å². The van der Waals surface area contributed by atoms with Gasteiger partial charge in [0.15, 0.2) is 11.4 Å². The number of benzene rings is 1. The van der Waals surface area contributed by atoms with E-state index in [1.54, 1.807) is 12.1 Å². The summed E-state index contributed by atoms with van der Waals surface area (Å²) in [6.07, 6.45) is 0. The number of carboxylic acid groups (broad SMARTS) is 1. The zero-order valence-electron chi connectivity index (χ0n) is 9.25. The lowest BCUT2D eigenvalue weighted by molar-refractivity contribution is 0.0686. The van der Waals surface area contributed by atoms with Crippen LogP contribution in [0.25, 0.3) is 11.3 Å². The van der Waals surface area contributed by atoms with Gasteiger partial charge in [-0.15, -0.1) is 0 Å². The number of carboxylic acids is 1. The maximum absolute atomic E-state index is 11.0. The summed E-state index contributed by atoms with van der Waals surface area (Å²) < 4.78 is 4.95. The lowest BCUT2D eigenvalue weighted by Gasteiger charge is -2.06. The number of hydrogen-bond acceptors (Lipinski definition) is 3. The first-order valence-electron chi connectivity index (χ1n) is 5.06. The summed E-state index contributed by atoms with van der Waals surface area (Å²) in [5.41, 5.74) is 1.41. The molecular formula is C13H11NO3. The number of hydrogen-bond donors (Lipinski definition) is 1. The molecular weight excluding hydrogens is 218 g/mol. The van der Waals surface area contributed by atoms with Crippen molar-refractivity contribution in [2.75, 3.05) is 7.11 Å². The van der Waals surface area contributed by atoms with Gasteiger partial charge in [-0.05, 0) is 12.1 Å². The van der Waals surface area contributed by atoms with Gasteiger partial charge in [0, 0.05) is 5.56 Å². The van der Waals surface area contributed by atoms with E-state index in [0.29, 0.717) is 5.69 Å². The van der Waals surface area contributed by atoms with Crippen LogP contribution in [0.4, 0.5) is 0 Å². The van der Waals surface area contributed by atoms with E-state index in [2.05, 4.69) is 4.98 Å². The number of aromatic nitrogens is 1. The number of methoxy groups -OCH3 is 1. The summed E-state index contributed by atoms with van der Waals surface area (Å²) in [5, 5.41) is 9.03. The highest BCUT2D eigenvalue weighted by molar-refractivity contribution is 5.89. The summed E-state index contributed by atoms with van der Waals surface area (Å²) in [6, 6.07) is 12.7. The second-order valence-corrected chi connectivity index (χ2v) is 3.42. The molecule has 4 heteroatoms. The average Bonchev–Trinajstić information content (AvgIpc) is 2.39. The van der Waals surface area contributed by atoms with Crippen LogP contribution in [0.5, 0.6) is 5.75 Å². The van der Waals surface area contributed by atoms with Crippen molar-refractivity contribution in [2.24, 2.45) is 0 Å². The molecule has 1 aromatic heterocycles. The highest BCUT2D eigenvalue weighted by atomic mass is 16.5. The number of rotatable bonds is 3. The maximum atomic E-state index is 11.0. The van der Waals surface area contributed by atoms with Crippen molar-refractivity contribution >= 4 is 5.97 Å². The first-order chi connectivity index (χ1) is 8.22. The van der Waals surface area contributed by atoms with Gasteiger partial charge in [-0.25, -0.2) is 9.78 Å². The highest BCUT2D eigenvalue weighted by Crippen LogP contribution is 2.22. The second kappa shape index (κ2) is 4.65. The minimum Gasteiger partial charge on any atom is -0.494 e. The van der Waals surface area contributed by atoms with E-state index in [-0.39, 0.29) is 11.4 Å². The first-order valence-corrected chi connectivity index (χ1v) is 5.06. The van der Waals surface area contributed by atoms with Gasteiger partial charge in [-0.1, -0.05) is 30.3 Å². The molecule has 86 valence electrons. The molecule has 0 atom stereocenters. The molecule has 0 aliphatic carbocycles. The Kier molecular flexibility index (Phi) is 3.05. The molecule has 4 nitrogen and oxygen atoms in total. The van der Waals surface area contributed by atoms with Crippen LogP contribution >= 0.6 is 0 Å². The van der Waals surface area contributed by atoms with Crippen LogP contribution < -0.4 is 4.74 Å². The molecule has 1 N–H and O–H groups in total. The predicted molar refractivity (Wildman–Crippen MR) is 63.2 cm³/mol. The van der Waals surface area contributed by atoms with Crippen LogP contribution in [0.15, 0.2) is 42.5 Å². The van der Waals surface area contributed by atoms with Crippen molar-refractivity contribution in [2.45, 2.75) is 0 Å². The number of ether oxygens (including phenoxy) is 1. The molecule has 2 rings (SSSR count). The molecule has 0 radical (unpaired) electrons. The van der Waals surface area contributed by atoms with E-state index < -0.39 is 5.97 Å². The van der Waals surface area contributed by atoms with Crippen molar-refractivity contribution in [1.29, 1.82) is 0 Å². The molecule has 0 aliphatic rings. The van der Waals surface area contributed by atoms with Crippen molar-refractivity contribution in [3.05, 3.63) is 48.2 Å². The van der Waals surface area contributed by atoms with Crippen LogP contribution in [-0.2, 0) is 0 Å². The van der Waals surface area contributed by atoms with Crippen LogP contribution in [0.2, 0.25) is 0 Å². The van der Waals surface area contributed by atoms with Gasteiger partial charge >= 0.3 is 5.97 Å². The van der Waals surface area contributed by atoms with Crippen LogP contribution in [0.1, 0.15) is 10.5 Å². The molecule has 0 amide bonds. The van der Waals surface area contributed by atoms with Crippen molar-refractivity contribution in [1.82, 2.24) is 4.98 Å². The van der Waals surface area contributed by atoms with Crippen molar-refractivity contribution in [3.8, 4) is 17.0 Å². The molecule has 0 spiro atoms. The normalized spacial score (nSPS) is 9.94. The van der Waals surface area contributed by atoms with Crippen molar-refractivity contribution in [3.63, 3.8) is 0 Å². The first kappa shape index (κ1) is 11.1. The number of pyridine rings is 1. The minimum atomic E-state index is -1.10. The summed E-state index contributed by atoms with van der Waals surface area (Å²) in [6.45, 7) is 0. The molecule has 0 saturated carbocycles. The lowest BCUT2D eigenvalue weighted by Crippen LogP contribution is -2.04. The SMILES string of the molecule is COc1ccc(-c2ccccc2)nc1C(=O)O. The fourth-order valence-electron chi connectivity index (χ4n) is 1.53. The van der Waals surface area contributed by atoms with Crippen LogP contribution in [0, 0.1) is 0 Å². The van der Waals surface area contributed by atoms with Crippen molar-refractivity contribution < 1.29 is 14.6 Å². The van der Waals surface area contributed by atoms with Crippen LogP contribution in [-0.4, -0.2) is 23.2 Å². The Hall–Kier alpha value is -2.36. The zero-order chi connectivity index (χ0) is 12.3. The summed E-state index contributed by atoms with van der Waals surface area (Å²) >= 11 is 0. The Morgan fingerprint density at radius 1 is 1.18 bits per heavy atom. The molecule has 1 heterocycles. The second-order valence-electron chi connectivity index (χ2n) is 3.42. The topological polar surface area (TPSA) is 59.4 Å². The van der Waals surface area contributed by atoms with Gasteiger partial charge in [0.1, 0.15) is 0 Å². The fourth-order valence-corrected chi connectivity index (χ4v) is 1.53. The Labute approximate surface area is 98.5 Å². The predicted octanol–water partition coefficient (Wildman–Crippen LogP) is 2.46. The Morgan fingerprint density at radius 2 is 1.88 bits per heavy atom. The molecule has 0 aliphatic heterocycles. The third kappa shape index (κ3) is 2.25.